The largest absolute Gasteiger partial charge is 0.486 e. The van der Waals surface area contributed by atoms with E-state index in [2.05, 4.69) is 15.3 Å². The summed E-state index contributed by atoms with van der Waals surface area (Å²) >= 11 is 1.49. The molecule has 0 saturated heterocycles. The normalized spacial score (nSPS) is 11.1. The highest BCUT2D eigenvalue weighted by molar-refractivity contribution is 7.16. The van der Waals surface area contributed by atoms with E-state index in [4.69, 9.17) is 9.47 Å². The quantitative estimate of drug-likeness (QED) is 0.699. The van der Waals surface area contributed by atoms with Crippen LogP contribution in [0.15, 0.2) is 24.3 Å². The van der Waals surface area contributed by atoms with Gasteiger partial charge in [0.1, 0.15) is 12.4 Å². The van der Waals surface area contributed by atoms with Crippen LogP contribution in [0.1, 0.15) is 16.4 Å². The summed E-state index contributed by atoms with van der Waals surface area (Å²) in [4.78, 5) is 0.781. The molecule has 7 heteroatoms. The van der Waals surface area contributed by atoms with Crippen molar-refractivity contribution in [2.75, 3.05) is 13.7 Å². The lowest BCUT2D eigenvalue weighted by atomic mass is 10.2. The van der Waals surface area contributed by atoms with Gasteiger partial charge in [-0.05, 0) is 19.1 Å². The second-order valence-electron chi connectivity index (χ2n) is 4.65. The fourth-order valence-corrected chi connectivity index (χ4v) is 2.65. The first-order chi connectivity index (χ1) is 10.3. The van der Waals surface area contributed by atoms with E-state index in [1.54, 1.807) is 11.6 Å². The number of benzene rings is 1. The molecule has 0 spiro atoms. The number of methoxy groups -OCH3 is 1. The Morgan fingerprint density at radius 3 is 2.76 bits per heavy atom. The maximum absolute atomic E-state index is 5.73. The molecule has 3 rings (SSSR count). The third-order valence-corrected chi connectivity index (χ3v) is 3.88. The molecule has 110 valence electrons. The van der Waals surface area contributed by atoms with Gasteiger partial charge in [-0.3, -0.25) is 0 Å². The molecule has 0 aliphatic heterocycles. The highest BCUT2D eigenvalue weighted by Gasteiger charge is 2.11. The Kier molecular flexibility index (Phi) is 4.12. The number of aryl methyl sites for hydroxylation is 1. The van der Waals surface area contributed by atoms with E-state index in [0.717, 1.165) is 21.5 Å². The molecule has 2 heterocycles. The minimum Gasteiger partial charge on any atom is -0.486 e. The monoisotopic (exact) mass is 304 g/mol. The average Bonchev–Trinajstić information content (AvgIpc) is 3.05. The Labute approximate surface area is 126 Å². The topological polar surface area (TPSA) is 61.5 Å². The van der Waals surface area contributed by atoms with Gasteiger partial charge >= 0.3 is 0 Å². The van der Waals surface area contributed by atoms with Crippen molar-refractivity contribution in [3.05, 3.63) is 40.7 Å². The summed E-state index contributed by atoms with van der Waals surface area (Å²) in [6, 6.07) is 7.97. The number of hydrogen-bond acceptors (Lipinski definition) is 6. The van der Waals surface area contributed by atoms with Gasteiger partial charge in [-0.2, -0.15) is 9.61 Å². The number of hydrogen-bond donors (Lipinski definition) is 0. The molecule has 0 saturated carbocycles. The third kappa shape index (κ3) is 3.20. The second-order valence-corrected chi connectivity index (χ2v) is 5.69. The predicted molar refractivity (Wildman–Crippen MR) is 79.8 cm³/mol. The van der Waals surface area contributed by atoms with Crippen molar-refractivity contribution in [2.24, 2.45) is 0 Å². The molecule has 0 aliphatic carbocycles. The van der Waals surface area contributed by atoms with Gasteiger partial charge < -0.3 is 9.47 Å². The molecule has 0 bridgehead atoms. The number of aromatic nitrogens is 4. The second kappa shape index (κ2) is 6.19. The Hall–Kier alpha value is -1.99. The van der Waals surface area contributed by atoms with E-state index in [0.29, 0.717) is 19.6 Å². The lowest BCUT2D eigenvalue weighted by molar-refractivity contribution is 0.200. The predicted octanol–water partition coefficient (Wildman–Crippen LogP) is 2.26. The first-order valence-corrected chi connectivity index (χ1v) is 7.46. The number of ether oxygens (including phenoxy) is 2. The Bertz CT molecular complexity index is 720. The van der Waals surface area contributed by atoms with Crippen LogP contribution in [0.25, 0.3) is 4.96 Å². The van der Waals surface area contributed by atoms with Crippen molar-refractivity contribution < 1.29 is 9.47 Å². The van der Waals surface area contributed by atoms with E-state index in [1.165, 1.54) is 16.9 Å². The number of rotatable bonds is 6. The molecule has 0 radical (unpaired) electrons. The van der Waals surface area contributed by atoms with Crippen LogP contribution >= 0.6 is 11.3 Å². The van der Waals surface area contributed by atoms with Crippen molar-refractivity contribution in [2.45, 2.75) is 20.0 Å². The first-order valence-electron chi connectivity index (χ1n) is 6.64. The summed E-state index contributed by atoms with van der Waals surface area (Å²) in [6.45, 7) is 3.09. The third-order valence-electron chi connectivity index (χ3n) is 3.01. The van der Waals surface area contributed by atoms with Crippen molar-refractivity contribution in [1.82, 2.24) is 19.8 Å². The molecule has 0 N–H and O–H groups in total. The van der Waals surface area contributed by atoms with E-state index >= 15 is 0 Å². The van der Waals surface area contributed by atoms with Gasteiger partial charge in [0, 0.05) is 13.5 Å². The first kappa shape index (κ1) is 14.0. The summed E-state index contributed by atoms with van der Waals surface area (Å²) in [6.07, 6.45) is 0.694. The van der Waals surface area contributed by atoms with Crippen molar-refractivity contribution in [3.8, 4) is 5.75 Å². The molecule has 21 heavy (non-hydrogen) atoms. The van der Waals surface area contributed by atoms with E-state index in [9.17, 15) is 0 Å². The molecular formula is C14H16N4O2S. The molecule has 0 atom stereocenters. The molecule has 0 unspecified atom stereocenters. The van der Waals surface area contributed by atoms with E-state index < -0.39 is 0 Å². The lowest BCUT2D eigenvalue weighted by Gasteiger charge is -2.03. The van der Waals surface area contributed by atoms with E-state index in [-0.39, 0.29) is 0 Å². The van der Waals surface area contributed by atoms with Crippen LogP contribution in [0.5, 0.6) is 5.75 Å². The fraction of sp³-hybridized carbons (Fsp3) is 0.357. The smallest absolute Gasteiger partial charge is 0.234 e. The maximum Gasteiger partial charge on any atom is 0.234 e. The zero-order chi connectivity index (χ0) is 14.7. The maximum atomic E-state index is 5.73. The lowest BCUT2D eigenvalue weighted by Crippen LogP contribution is -2.02. The van der Waals surface area contributed by atoms with Crippen LogP contribution in [0.2, 0.25) is 0 Å². The molecule has 3 aromatic rings. The minimum absolute atomic E-state index is 0.431. The van der Waals surface area contributed by atoms with Crippen LogP contribution in [-0.4, -0.2) is 33.5 Å². The summed E-state index contributed by atoms with van der Waals surface area (Å²) in [5, 5.41) is 13.6. The van der Waals surface area contributed by atoms with Crippen LogP contribution in [0.3, 0.4) is 0 Å². The highest BCUT2D eigenvalue weighted by atomic mass is 32.1. The zero-order valence-electron chi connectivity index (χ0n) is 11.9. The fourth-order valence-electron chi connectivity index (χ4n) is 1.88. The molecular weight excluding hydrogens is 288 g/mol. The van der Waals surface area contributed by atoms with Crippen LogP contribution in [0.4, 0.5) is 0 Å². The van der Waals surface area contributed by atoms with Gasteiger partial charge in [-0.25, -0.2) is 0 Å². The van der Waals surface area contributed by atoms with Gasteiger partial charge in [0.15, 0.2) is 10.8 Å². The molecule has 2 aromatic heterocycles. The van der Waals surface area contributed by atoms with Crippen LogP contribution < -0.4 is 4.74 Å². The van der Waals surface area contributed by atoms with Gasteiger partial charge in [0.25, 0.3) is 0 Å². The Morgan fingerprint density at radius 1 is 1.19 bits per heavy atom. The Balaban J connectivity index is 1.69. The summed E-state index contributed by atoms with van der Waals surface area (Å²) in [5.41, 5.74) is 1.21. The summed E-state index contributed by atoms with van der Waals surface area (Å²) < 4.78 is 12.5. The number of fused-ring (bicyclic) bond motifs is 1. The minimum atomic E-state index is 0.431. The highest BCUT2D eigenvalue weighted by Crippen LogP contribution is 2.18. The van der Waals surface area contributed by atoms with Crippen molar-refractivity contribution in [3.63, 3.8) is 0 Å². The molecule has 0 aliphatic rings. The molecule has 1 aromatic carbocycles. The van der Waals surface area contributed by atoms with E-state index in [1.807, 2.05) is 31.2 Å². The van der Waals surface area contributed by atoms with Crippen molar-refractivity contribution in [1.29, 1.82) is 0 Å². The zero-order valence-corrected chi connectivity index (χ0v) is 12.8. The molecule has 6 nitrogen and oxygen atoms in total. The average molecular weight is 304 g/mol. The van der Waals surface area contributed by atoms with Gasteiger partial charge in [-0.1, -0.05) is 29.0 Å². The molecule has 0 fully saturated rings. The van der Waals surface area contributed by atoms with Gasteiger partial charge in [-0.15, -0.1) is 10.2 Å². The standard InChI is InChI=1S/C14H16N4O2S/c1-10-3-5-11(6-4-10)20-9-13-17-18-12(7-8-19-2)15-16-14(18)21-13/h3-6H,7-9H2,1-2H3. The SMILES string of the molecule is COCCc1nnc2sc(COc3ccc(C)cc3)nn12. The van der Waals surface area contributed by atoms with Crippen LogP contribution in [0, 0.1) is 6.92 Å². The van der Waals surface area contributed by atoms with Gasteiger partial charge in [0.05, 0.1) is 6.61 Å². The summed E-state index contributed by atoms with van der Waals surface area (Å²) in [7, 11) is 1.67. The van der Waals surface area contributed by atoms with Crippen LogP contribution in [-0.2, 0) is 17.8 Å². The van der Waals surface area contributed by atoms with Crippen molar-refractivity contribution >= 4 is 16.3 Å². The van der Waals surface area contributed by atoms with Gasteiger partial charge in [0.2, 0.25) is 4.96 Å². The Morgan fingerprint density at radius 2 is 2.00 bits per heavy atom. The molecule has 0 amide bonds. The number of nitrogens with zero attached hydrogens (tertiary/aromatic N) is 4. The summed E-state index contributed by atoms with van der Waals surface area (Å²) in [5.74, 6) is 1.65.